The number of carbonyl (C=O) groups excluding carboxylic acids is 1. The predicted molar refractivity (Wildman–Crippen MR) is 65.5 cm³/mol. The van der Waals surface area contributed by atoms with Gasteiger partial charge in [0, 0.05) is 16.7 Å². The second-order valence-electron chi connectivity index (χ2n) is 2.90. The maximum Gasteiger partial charge on any atom is 0.347 e. The van der Waals surface area contributed by atoms with Crippen LogP contribution in [0.2, 0.25) is 10.0 Å². The zero-order valence-corrected chi connectivity index (χ0v) is 10.6. The Labute approximate surface area is 109 Å². The average molecular weight is 275 g/mol. The first kappa shape index (κ1) is 13.8. The van der Waals surface area contributed by atoms with Gasteiger partial charge in [-0.05, 0) is 19.1 Å². The minimum absolute atomic E-state index is 0.237. The summed E-state index contributed by atoms with van der Waals surface area (Å²) in [5, 5.41) is 4.43. The van der Waals surface area contributed by atoms with Crippen molar-refractivity contribution < 1.29 is 14.4 Å². The van der Waals surface area contributed by atoms with Crippen LogP contribution in [0.3, 0.4) is 0 Å². The van der Waals surface area contributed by atoms with Crippen molar-refractivity contribution in [2.75, 3.05) is 13.2 Å². The van der Waals surface area contributed by atoms with Crippen molar-refractivity contribution in [1.29, 1.82) is 0 Å². The fraction of sp³-hybridized carbons (Fsp3) is 0.273. The normalized spacial score (nSPS) is 10.5. The van der Waals surface area contributed by atoms with Crippen LogP contribution < -0.4 is 0 Å². The van der Waals surface area contributed by atoms with Crippen molar-refractivity contribution in [2.24, 2.45) is 5.16 Å². The van der Waals surface area contributed by atoms with Crippen LogP contribution in [0.1, 0.15) is 12.5 Å². The molecule has 0 spiro atoms. The summed E-state index contributed by atoms with van der Waals surface area (Å²) in [6.07, 6.45) is 1.37. The van der Waals surface area contributed by atoms with Gasteiger partial charge in [-0.15, -0.1) is 0 Å². The molecule has 0 amide bonds. The minimum atomic E-state index is -0.474. The summed E-state index contributed by atoms with van der Waals surface area (Å²) in [6, 6.07) is 5.86. The Kier molecular flexibility index (Phi) is 5.80. The molecule has 1 aromatic rings. The molecule has 6 heteroatoms. The molecule has 0 atom stereocenters. The van der Waals surface area contributed by atoms with E-state index in [1.54, 1.807) is 13.0 Å². The quantitative estimate of drug-likeness (QED) is 0.471. The van der Waals surface area contributed by atoms with Crippen molar-refractivity contribution in [1.82, 2.24) is 0 Å². The molecule has 0 fully saturated rings. The van der Waals surface area contributed by atoms with Crippen LogP contribution >= 0.6 is 23.2 Å². The highest BCUT2D eigenvalue weighted by molar-refractivity contribution is 6.36. The van der Waals surface area contributed by atoms with Crippen molar-refractivity contribution in [3.8, 4) is 0 Å². The number of esters is 1. The number of carbonyl (C=O) groups is 1. The Bertz CT molecular complexity index is 421. The summed E-state index contributed by atoms with van der Waals surface area (Å²) in [6.45, 7) is 1.79. The molecule has 0 aliphatic carbocycles. The molecule has 4 nitrogen and oxygen atoms in total. The van der Waals surface area contributed by atoms with E-state index in [1.165, 1.54) is 12.3 Å². The third-order valence-electron chi connectivity index (χ3n) is 1.65. The maximum atomic E-state index is 10.9. The monoisotopic (exact) mass is 274 g/mol. The second kappa shape index (κ2) is 7.14. The number of benzene rings is 1. The Morgan fingerprint density at radius 3 is 3.00 bits per heavy atom. The summed E-state index contributed by atoms with van der Waals surface area (Å²) in [5.41, 5.74) is 0.597. The van der Waals surface area contributed by atoms with Gasteiger partial charge in [0.1, 0.15) is 0 Å². The lowest BCUT2D eigenvalue weighted by Crippen LogP contribution is -2.10. The Balaban J connectivity index is 2.45. The first-order chi connectivity index (χ1) is 8.13. The smallest absolute Gasteiger partial charge is 0.347 e. The molecular weight excluding hydrogens is 265 g/mol. The summed E-state index contributed by atoms with van der Waals surface area (Å²) in [5.74, 6) is -0.474. The fourth-order valence-electron chi connectivity index (χ4n) is 0.938. The summed E-state index contributed by atoms with van der Waals surface area (Å²) in [4.78, 5) is 15.6. The van der Waals surface area contributed by atoms with Gasteiger partial charge in [0.05, 0.1) is 17.8 Å². The molecule has 0 aromatic heterocycles. The number of ether oxygens (including phenoxy) is 1. The van der Waals surface area contributed by atoms with Crippen molar-refractivity contribution >= 4 is 35.4 Å². The van der Waals surface area contributed by atoms with Gasteiger partial charge in [-0.3, -0.25) is 0 Å². The zero-order chi connectivity index (χ0) is 12.7. The van der Waals surface area contributed by atoms with Gasteiger partial charge in [-0.1, -0.05) is 28.4 Å². The molecule has 1 aromatic carbocycles. The van der Waals surface area contributed by atoms with Crippen LogP contribution in [-0.2, 0) is 14.4 Å². The van der Waals surface area contributed by atoms with Crippen molar-refractivity contribution in [3.05, 3.63) is 33.8 Å². The Hall–Kier alpha value is -1.26. The molecule has 0 unspecified atom stereocenters. The van der Waals surface area contributed by atoms with E-state index in [0.717, 1.165) is 0 Å². The third-order valence-corrected chi connectivity index (χ3v) is 2.19. The molecule has 0 N–H and O–H groups in total. The molecule has 91 valence electrons. The van der Waals surface area contributed by atoms with Crippen molar-refractivity contribution in [3.63, 3.8) is 0 Å². The van der Waals surface area contributed by atoms with Gasteiger partial charge in [0.2, 0.25) is 6.61 Å². The number of halogens is 2. The molecule has 1 rings (SSSR count). The van der Waals surface area contributed by atoms with E-state index >= 15 is 0 Å². The lowest BCUT2D eigenvalue weighted by molar-refractivity contribution is -0.148. The average Bonchev–Trinajstić information content (AvgIpc) is 2.27. The van der Waals surface area contributed by atoms with Crippen molar-refractivity contribution in [2.45, 2.75) is 6.92 Å². The van der Waals surface area contributed by atoms with E-state index in [1.807, 2.05) is 0 Å². The molecule has 0 bridgehead atoms. The second-order valence-corrected chi connectivity index (χ2v) is 3.71. The lowest BCUT2D eigenvalue weighted by atomic mass is 10.2. The molecule has 0 saturated carbocycles. The van der Waals surface area contributed by atoms with Crippen LogP contribution in [0.5, 0.6) is 0 Å². The molecule has 0 heterocycles. The SMILES string of the molecule is CCOC(=O)CO/N=C/c1c[c]c(Cl)cc1Cl. The highest BCUT2D eigenvalue weighted by Crippen LogP contribution is 2.18. The molecule has 1 radical (unpaired) electrons. The first-order valence-corrected chi connectivity index (χ1v) is 5.56. The van der Waals surface area contributed by atoms with E-state index in [2.05, 4.69) is 16.0 Å². The van der Waals surface area contributed by atoms with Crippen LogP contribution in [0.4, 0.5) is 0 Å². The van der Waals surface area contributed by atoms with E-state index < -0.39 is 5.97 Å². The third kappa shape index (κ3) is 5.06. The summed E-state index contributed by atoms with van der Waals surface area (Å²) < 4.78 is 4.65. The molecule has 0 saturated heterocycles. The van der Waals surface area contributed by atoms with E-state index in [4.69, 9.17) is 28.0 Å². The molecule has 0 aliphatic heterocycles. The Morgan fingerprint density at radius 1 is 1.59 bits per heavy atom. The number of nitrogens with zero attached hydrogens (tertiary/aromatic N) is 1. The Morgan fingerprint density at radius 2 is 2.35 bits per heavy atom. The van der Waals surface area contributed by atoms with Gasteiger partial charge >= 0.3 is 5.97 Å². The van der Waals surface area contributed by atoms with E-state index in [9.17, 15) is 4.79 Å². The highest BCUT2D eigenvalue weighted by Gasteiger charge is 2.01. The van der Waals surface area contributed by atoms with Gasteiger partial charge in [0.25, 0.3) is 0 Å². The molecule has 0 aliphatic rings. The highest BCUT2D eigenvalue weighted by atomic mass is 35.5. The first-order valence-electron chi connectivity index (χ1n) is 4.81. The largest absolute Gasteiger partial charge is 0.463 e. The van der Waals surface area contributed by atoms with E-state index in [-0.39, 0.29) is 6.61 Å². The van der Waals surface area contributed by atoms with Gasteiger partial charge in [0.15, 0.2) is 0 Å². The fourth-order valence-corrected chi connectivity index (χ4v) is 1.37. The standard InChI is InChI=1S/C11H10Cl2NO3/c1-2-16-11(15)7-17-14-6-8-3-4-9(12)5-10(8)13/h3,5-6H,2,7H2,1H3/b14-6+. The summed E-state index contributed by atoms with van der Waals surface area (Å²) in [7, 11) is 0. The number of hydrogen-bond acceptors (Lipinski definition) is 4. The summed E-state index contributed by atoms with van der Waals surface area (Å²) >= 11 is 11.6. The predicted octanol–water partition coefficient (Wildman–Crippen LogP) is 2.71. The van der Waals surface area contributed by atoms with Crippen LogP contribution in [0.15, 0.2) is 17.3 Å². The van der Waals surface area contributed by atoms with Crippen LogP contribution in [0, 0.1) is 6.07 Å². The van der Waals surface area contributed by atoms with Gasteiger partial charge < -0.3 is 9.57 Å². The van der Waals surface area contributed by atoms with Gasteiger partial charge in [-0.2, -0.15) is 0 Å². The number of hydrogen-bond donors (Lipinski definition) is 0. The lowest BCUT2D eigenvalue weighted by Gasteiger charge is -2.00. The zero-order valence-electron chi connectivity index (χ0n) is 9.07. The minimum Gasteiger partial charge on any atom is -0.463 e. The van der Waals surface area contributed by atoms with Crippen LogP contribution in [-0.4, -0.2) is 25.4 Å². The van der Waals surface area contributed by atoms with Crippen LogP contribution in [0.25, 0.3) is 0 Å². The number of rotatable bonds is 5. The molecule has 17 heavy (non-hydrogen) atoms. The maximum absolute atomic E-state index is 10.9. The topological polar surface area (TPSA) is 47.9 Å². The molecular formula is C11H10Cl2NO3. The number of oxime groups is 1. The van der Waals surface area contributed by atoms with Gasteiger partial charge in [-0.25, -0.2) is 4.79 Å². The van der Waals surface area contributed by atoms with E-state index in [0.29, 0.717) is 22.2 Å².